The lowest BCUT2D eigenvalue weighted by molar-refractivity contribution is -0.122. The number of amides is 1. The first-order valence-corrected chi connectivity index (χ1v) is 9.20. The van der Waals surface area contributed by atoms with Crippen LogP contribution in [-0.2, 0) is 4.79 Å². The van der Waals surface area contributed by atoms with Crippen LogP contribution in [-0.4, -0.2) is 22.0 Å². The van der Waals surface area contributed by atoms with Gasteiger partial charge < -0.3 is 10.4 Å². The van der Waals surface area contributed by atoms with Crippen molar-refractivity contribution >= 4 is 23.2 Å². The van der Waals surface area contributed by atoms with Gasteiger partial charge in [-0.1, -0.05) is 36.8 Å². The fourth-order valence-electron chi connectivity index (χ4n) is 2.72. The Balaban J connectivity index is 2.01. The Morgan fingerprint density at radius 2 is 1.88 bits per heavy atom. The normalized spacial score (nSPS) is 13.3. The Hall–Kier alpha value is -2.21. The second kappa shape index (κ2) is 8.25. The molecular weight excluding hydrogens is 336 g/mol. The van der Waals surface area contributed by atoms with Crippen molar-refractivity contribution < 1.29 is 14.7 Å². The number of carbonyl (C=O) groups excluding carboxylic acids is 1. The molecule has 1 amide bonds. The van der Waals surface area contributed by atoms with Gasteiger partial charge in [0.15, 0.2) is 0 Å². The second-order valence-corrected chi connectivity index (χ2v) is 7.31. The molecule has 0 fully saturated rings. The number of nitrogens with one attached hydrogen (secondary N) is 1. The number of benzene rings is 1. The van der Waals surface area contributed by atoms with E-state index in [-0.39, 0.29) is 22.7 Å². The molecule has 2 rings (SSSR count). The largest absolute Gasteiger partial charge is 0.477 e. The number of hydrogen-bond donors (Lipinski definition) is 2. The zero-order chi connectivity index (χ0) is 18.6. The van der Waals surface area contributed by atoms with Crippen molar-refractivity contribution in [1.29, 1.82) is 0 Å². The Kier molecular flexibility index (Phi) is 6.31. The lowest BCUT2D eigenvalue weighted by Gasteiger charge is -2.17. The molecular formula is C19H24N2O3S. The zero-order valence-electron chi connectivity index (χ0n) is 15.0. The van der Waals surface area contributed by atoms with Crippen molar-refractivity contribution in [2.75, 3.05) is 0 Å². The summed E-state index contributed by atoms with van der Waals surface area (Å²) < 4.78 is 0. The van der Waals surface area contributed by atoms with Crippen molar-refractivity contribution in [3.05, 3.63) is 51.0 Å². The van der Waals surface area contributed by atoms with E-state index >= 15 is 0 Å². The highest BCUT2D eigenvalue weighted by Gasteiger charge is 2.21. The summed E-state index contributed by atoms with van der Waals surface area (Å²) in [6.07, 6.45) is 1.28. The first-order chi connectivity index (χ1) is 11.8. The summed E-state index contributed by atoms with van der Waals surface area (Å²) in [5, 5.41) is 12.7. The van der Waals surface area contributed by atoms with Gasteiger partial charge in [0.25, 0.3) is 0 Å². The lowest BCUT2D eigenvalue weighted by atomic mass is 9.92. The molecule has 1 aromatic carbocycles. The number of carboxylic acid groups (broad SMARTS) is 1. The van der Waals surface area contributed by atoms with Gasteiger partial charge in [0, 0.05) is 6.42 Å². The summed E-state index contributed by atoms with van der Waals surface area (Å²) in [4.78, 5) is 28.0. The quantitative estimate of drug-likeness (QED) is 0.775. The summed E-state index contributed by atoms with van der Waals surface area (Å²) in [6, 6.07) is 7.96. The van der Waals surface area contributed by atoms with Crippen LogP contribution in [0.25, 0.3) is 0 Å². The first-order valence-electron chi connectivity index (χ1n) is 8.38. The van der Waals surface area contributed by atoms with Crippen LogP contribution in [0.4, 0.5) is 0 Å². The van der Waals surface area contributed by atoms with E-state index in [1.165, 1.54) is 5.56 Å². The molecule has 0 aliphatic carbocycles. The molecule has 2 atom stereocenters. The minimum absolute atomic E-state index is 0.0512. The summed E-state index contributed by atoms with van der Waals surface area (Å²) >= 11 is 1.11. The van der Waals surface area contributed by atoms with E-state index in [0.717, 1.165) is 23.3 Å². The van der Waals surface area contributed by atoms with Crippen LogP contribution in [0.3, 0.4) is 0 Å². The predicted octanol–water partition coefficient (Wildman–Crippen LogP) is 4.22. The molecule has 0 spiro atoms. The molecule has 25 heavy (non-hydrogen) atoms. The van der Waals surface area contributed by atoms with E-state index in [9.17, 15) is 9.59 Å². The van der Waals surface area contributed by atoms with Crippen LogP contribution >= 0.6 is 11.3 Å². The van der Waals surface area contributed by atoms with Gasteiger partial charge in [-0.05, 0) is 38.7 Å². The second-order valence-electron chi connectivity index (χ2n) is 6.28. The third-order valence-electron chi connectivity index (χ3n) is 4.23. The van der Waals surface area contributed by atoms with Crippen molar-refractivity contribution in [2.45, 2.75) is 52.5 Å². The Morgan fingerprint density at radius 3 is 2.40 bits per heavy atom. The highest BCUT2D eigenvalue weighted by atomic mass is 32.1. The molecule has 0 saturated heterocycles. The summed E-state index contributed by atoms with van der Waals surface area (Å²) in [5.41, 5.74) is 2.85. The monoisotopic (exact) mass is 360 g/mol. The number of carbonyl (C=O) groups is 2. The fraction of sp³-hybridized carbons (Fsp3) is 0.421. The van der Waals surface area contributed by atoms with Gasteiger partial charge in [0.05, 0.1) is 11.7 Å². The number of hydrogen-bond acceptors (Lipinski definition) is 4. The average molecular weight is 360 g/mol. The third kappa shape index (κ3) is 4.89. The summed E-state index contributed by atoms with van der Waals surface area (Å²) in [7, 11) is 0. The van der Waals surface area contributed by atoms with Crippen LogP contribution in [0.1, 0.15) is 70.1 Å². The molecule has 1 aromatic heterocycles. The Labute approximate surface area is 152 Å². The fourth-order valence-corrected chi connectivity index (χ4v) is 3.63. The van der Waals surface area contributed by atoms with E-state index < -0.39 is 5.97 Å². The number of rotatable bonds is 7. The number of aromatic nitrogens is 1. The van der Waals surface area contributed by atoms with E-state index in [4.69, 9.17) is 5.11 Å². The van der Waals surface area contributed by atoms with Gasteiger partial charge in [0.1, 0.15) is 9.88 Å². The predicted molar refractivity (Wildman–Crippen MR) is 99.2 cm³/mol. The van der Waals surface area contributed by atoms with Gasteiger partial charge in [-0.3, -0.25) is 4.79 Å². The number of aryl methyl sites for hydroxylation is 2. The third-order valence-corrected chi connectivity index (χ3v) is 5.56. The van der Waals surface area contributed by atoms with Gasteiger partial charge in [0.2, 0.25) is 5.91 Å². The maximum absolute atomic E-state index is 12.4. The molecule has 2 aromatic rings. The minimum atomic E-state index is -0.981. The number of carboxylic acids is 1. The Morgan fingerprint density at radius 1 is 1.24 bits per heavy atom. The minimum Gasteiger partial charge on any atom is -0.477 e. The number of thiazole rings is 1. The zero-order valence-corrected chi connectivity index (χ0v) is 15.8. The molecule has 6 heteroatoms. The van der Waals surface area contributed by atoms with Gasteiger partial charge >= 0.3 is 5.97 Å². The van der Waals surface area contributed by atoms with Gasteiger partial charge in [-0.2, -0.15) is 0 Å². The van der Waals surface area contributed by atoms with Crippen molar-refractivity contribution in [2.24, 2.45) is 0 Å². The molecule has 134 valence electrons. The first kappa shape index (κ1) is 19.1. The number of nitrogens with zero attached hydrogens (tertiary/aromatic N) is 1. The SMILES string of the molecule is CCC(CC(=O)NC(C)c1nc(C)c(C(=O)O)s1)c1ccc(C)cc1. The van der Waals surface area contributed by atoms with Crippen LogP contribution in [0.5, 0.6) is 0 Å². The van der Waals surface area contributed by atoms with Crippen LogP contribution in [0, 0.1) is 13.8 Å². The van der Waals surface area contributed by atoms with Crippen LogP contribution < -0.4 is 5.32 Å². The van der Waals surface area contributed by atoms with Crippen LogP contribution in [0.15, 0.2) is 24.3 Å². The lowest BCUT2D eigenvalue weighted by Crippen LogP contribution is -2.27. The molecule has 5 nitrogen and oxygen atoms in total. The van der Waals surface area contributed by atoms with Crippen LogP contribution in [0.2, 0.25) is 0 Å². The standard InChI is InChI=1S/C19H24N2O3S/c1-5-14(15-8-6-11(2)7-9-15)10-16(22)20-13(4)18-21-12(3)17(25-18)19(23)24/h6-9,13-14H,5,10H2,1-4H3,(H,20,22)(H,23,24). The highest BCUT2D eigenvalue weighted by molar-refractivity contribution is 7.13. The van der Waals surface area contributed by atoms with Crippen molar-refractivity contribution in [3.63, 3.8) is 0 Å². The molecule has 0 bridgehead atoms. The average Bonchev–Trinajstić information content (AvgIpc) is 2.96. The van der Waals surface area contributed by atoms with Gasteiger partial charge in [-0.25, -0.2) is 9.78 Å². The molecule has 2 N–H and O–H groups in total. The van der Waals surface area contributed by atoms with Crippen molar-refractivity contribution in [3.8, 4) is 0 Å². The molecule has 0 radical (unpaired) electrons. The van der Waals surface area contributed by atoms with E-state index in [1.54, 1.807) is 6.92 Å². The van der Waals surface area contributed by atoms with E-state index in [0.29, 0.717) is 17.1 Å². The highest BCUT2D eigenvalue weighted by Crippen LogP contribution is 2.26. The molecule has 0 saturated carbocycles. The smallest absolute Gasteiger partial charge is 0.347 e. The topological polar surface area (TPSA) is 79.3 Å². The van der Waals surface area contributed by atoms with Gasteiger partial charge in [-0.15, -0.1) is 11.3 Å². The molecule has 2 unspecified atom stereocenters. The summed E-state index contributed by atoms with van der Waals surface area (Å²) in [5.74, 6) is -0.866. The van der Waals surface area contributed by atoms with E-state index in [2.05, 4.69) is 41.5 Å². The maximum Gasteiger partial charge on any atom is 0.347 e. The molecule has 0 aliphatic heterocycles. The maximum atomic E-state index is 12.4. The number of aromatic carboxylic acids is 1. The molecule has 0 aliphatic rings. The summed E-state index contributed by atoms with van der Waals surface area (Å²) in [6.45, 7) is 7.61. The van der Waals surface area contributed by atoms with E-state index in [1.807, 2.05) is 13.8 Å². The van der Waals surface area contributed by atoms with Crippen molar-refractivity contribution in [1.82, 2.24) is 10.3 Å². The Bertz CT molecular complexity index is 753. The molecule has 1 heterocycles.